The summed E-state index contributed by atoms with van der Waals surface area (Å²) < 4.78 is 61.0. The molecule has 2 heterocycles. The second-order valence-electron chi connectivity index (χ2n) is 6.61. The number of para-hydroxylation sites is 1. The summed E-state index contributed by atoms with van der Waals surface area (Å²) >= 11 is 1.50. The number of amides is 1. The lowest BCUT2D eigenvalue weighted by Gasteiger charge is -2.09. The molecule has 0 fully saturated rings. The summed E-state index contributed by atoms with van der Waals surface area (Å²) in [6.45, 7) is 0. The molecule has 0 aliphatic rings. The molecule has 1 N–H and O–H groups in total. The van der Waals surface area contributed by atoms with Crippen molar-refractivity contribution in [3.05, 3.63) is 81.5 Å². The molecule has 0 saturated carbocycles. The van der Waals surface area contributed by atoms with Crippen LogP contribution in [0, 0.1) is 15.9 Å². The fraction of sp³-hybridized carbons (Fsp3) is 0.0476. The van der Waals surface area contributed by atoms with Crippen LogP contribution in [-0.2, 0) is 0 Å². The number of nitrogens with zero attached hydrogens (tertiary/aromatic N) is 2. The van der Waals surface area contributed by atoms with Gasteiger partial charge in [-0.15, -0.1) is 13.2 Å². The summed E-state index contributed by atoms with van der Waals surface area (Å²) in [7, 11) is 0. The first kappa shape index (κ1) is 24.1. The highest BCUT2D eigenvalue weighted by atomic mass is 32.1. The largest absolute Gasteiger partial charge is 0.573 e. The quantitative estimate of drug-likeness (QED) is 0.161. The Bertz CT molecular complexity index is 1390. The van der Waals surface area contributed by atoms with Gasteiger partial charge in [0, 0.05) is 11.6 Å². The van der Waals surface area contributed by atoms with Crippen LogP contribution in [0.3, 0.4) is 0 Å². The third kappa shape index (κ3) is 5.91. The van der Waals surface area contributed by atoms with Crippen molar-refractivity contribution in [2.24, 2.45) is 0 Å². The van der Waals surface area contributed by atoms with Crippen LogP contribution in [0.4, 0.5) is 27.7 Å². The number of aromatic nitrogens is 1. The summed E-state index contributed by atoms with van der Waals surface area (Å²) in [6.07, 6.45) is -4.87. The second kappa shape index (κ2) is 9.68. The highest BCUT2D eigenvalue weighted by molar-refractivity contribution is 7.19. The fourth-order valence-corrected chi connectivity index (χ4v) is 4.32. The summed E-state index contributed by atoms with van der Waals surface area (Å²) in [4.78, 5) is 27.1. The zero-order chi connectivity index (χ0) is 25.2. The smallest absolute Gasteiger partial charge is 0.441 e. The van der Waals surface area contributed by atoms with E-state index >= 15 is 0 Å². The van der Waals surface area contributed by atoms with Crippen molar-refractivity contribution < 1.29 is 36.8 Å². The van der Waals surface area contributed by atoms with Gasteiger partial charge in [0.2, 0.25) is 5.06 Å². The standard InChI is InChI=1S/C21H11F4N3O5S2/c22-13-3-1-2-4-14(13)32-19-17(11-5-7-12(8-6-11)33-21(23,24)25)26-20(35-19)27-18(29)15-9-10-16(34-15)28(30)31/h1-10H,(H,26,27,29). The Hall–Kier alpha value is -4.04. The molecule has 0 atom stereocenters. The van der Waals surface area contributed by atoms with Crippen LogP contribution in [0.2, 0.25) is 0 Å². The summed E-state index contributed by atoms with van der Waals surface area (Å²) in [5, 5.41) is 13.2. The summed E-state index contributed by atoms with van der Waals surface area (Å²) in [5.74, 6) is -1.94. The number of nitrogens with one attached hydrogen (secondary N) is 1. The van der Waals surface area contributed by atoms with E-state index in [4.69, 9.17) is 4.74 Å². The molecule has 4 rings (SSSR count). The first-order valence-electron chi connectivity index (χ1n) is 9.44. The van der Waals surface area contributed by atoms with Crippen LogP contribution in [0.25, 0.3) is 11.3 Å². The van der Waals surface area contributed by atoms with Gasteiger partial charge in [0.15, 0.2) is 16.7 Å². The van der Waals surface area contributed by atoms with Gasteiger partial charge in [0.1, 0.15) is 11.4 Å². The average molecular weight is 525 g/mol. The number of ether oxygens (including phenoxy) is 2. The van der Waals surface area contributed by atoms with Gasteiger partial charge >= 0.3 is 11.4 Å². The van der Waals surface area contributed by atoms with Crippen LogP contribution in [0.1, 0.15) is 9.67 Å². The maximum Gasteiger partial charge on any atom is 0.573 e. The van der Waals surface area contributed by atoms with Gasteiger partial charge in [0.05, 0.1) is 9.80 Å². The van der Waals surface area contributed by atoms with Gasteiger partial charge < -0.3 is 9.47 Å². The number of halogens is 4. The minimum atomic E-state index is -4.87. The first-order valence-corrected chi connectivity index (χ1v) is 11.1. The van der Waals surface area contributed by atoms with Crippen molar-refractivity contribution in [1.29, 1.82) is 0 Å². The lowest BCUT2D eigenvalue weighted by molar-refractivity contribution is -0.380. The van der Waals surface area contributed by atoms with Crippen molar-refractivity contribution in [2.45, 2.75) is 6.36 Å². The second-order valence-corrected chi connectivity index (χ2v) is 8.63. The van der Waals surface area contributed by atoms with E-state index in [-0.39, 0.29) is 31.5 Å². The molecule has 35 heavy (non-hydrogen) atoms. The molecular formula is C21H11F4N3O5S2. The number of thiazole rings is 1. The third-order valence-corrected chi connectivity index (χ3v) is 6.10. The van der Waals surface area contributed by atoms with E-state index in [1.165, 1.54) is 48.5 Å². The Morgan fingerprint density at radius 2 is 1.74 bits per heavy atom. The van der Waals surface area contributed by atoms with E-state index in [9.17, 15) is 32.5 Å². The maximum absolute atomic E-state index is 14.1. The van der Waals surface area contributed by atoms with Crippen molar-refractivity contribution in [3.8, 4) is 27.8 Å². The molecule has 0 aliphatic heterocycles. The number of rotatable bonds is 7. The zero-order valence-corrected chi connectivity index (χ0v) is 18.7. The molecule has 0 bridgehead atoms. The van der Waals surface area contributed by atoms with Crippen LogP contribution < -0.4 is 14.8 Å². The number of anilines is 1. The highest BCUT2D eigenvalue weighted by Gasteiger charge is 2.31. The van der Waals surface area contributed by atoms with E-state index in [0.717, 1.165) is 23.5 Å². The number of alkyl halides is 3. The summed E-state index contributed by atoms with van der Waals surface area (Å²) in [5.41, 5.74) is 0.415. The number of nitro groups is 1. The van der Waals surface area contributed by atoms with E-state index in [2.05, 4.69) is 15.0 Å². The van der Waals surface area contributed by atoms with E-state index in [1.807, 2.05) is 0 Å². The van der Waals surface area contributed by atoms with Crippen LogP contribution in [0.5, 0.6) is 16.6 Å². The molecule has 4 aromatic rings. The van der Waals surface area contributed by atoms with Crippen molar-refractivity contribution in [2.75, 3.05) is 5.32 Å². The van der Waals surface area contributed by atoms with E-state index in [0.29, 0.717) is 16.9 Å². The Kier molecular flexibility index (Phi) is 6.66. The molecule has 1 amide bonds. The average Bonchev–Trinajstić information content (AvgIpc) is 3.43. The Morgan fingerprint density at radius 3 is 2.37 bits per heavy atom. The Balaban J connectivity index is 1.65. The third-order valence-electron chi connectivity index (χ3n) is 4.21. The van der Waals surface area contributed by atoms with Gasteiger partial charge in [-0.3, -0.25) is 20.2 Å². The molecule has 180 valence electrons. The van der Waals surface area contributed by atoms with E-state index < -0.39 is 28.8 Å². The van der Waals surface area contributed by atoms with Gasteiger partial charge in [-0.05, 0) is 42.5 Å². The molecule has 2 aromatic heterocycles. The molecule has 0 aliphatic carbocycles. The van der Waals surface area contributed by atoms with Gasteiger partial charge in [0.25, 0.3) is 5.91 Å². The predicted octanol–water partition coefficient (Wildman–Crippen LogP) is 6.86. The fourth-order valence-electron chi connectivity index (χ4n) is 2.76. The molecule has 8 nitrogen and oxygen atoms in total. The number of thiophene rings is 1. The van der Waals surface area contributed by atoms with Gasteiger partial charge in [-0.25, -0.2) is 9.37 Å². The Morgan fingerprint density at radius 1 is 1.03 bits per heavy atom. The molecule has 2 aromatic carbocycles. The van der Waals surface area contributed by atoms with Gasteiger partial charge in [-0.1, -0.05) is 34.8 Å². The van der Waals surface area contributed by atoms with Crippen molar-refractivity contribution in [3.63, 3.8) is 0 Å². The van der Waals surface area contributed by atoms with Crippen LogP contribution in [-0.4, -0.2) is 22.2 Å². The number of hydrogen-bond acceptors (Lipinski definition) is 8. The minimum Gasteiger partial charge on any atom is -0.441 e. The molecular weight excluding hydrogens is 514 g/mol. The lowest BCUT2D eigenvalue weighted by atomic mass is 10.1. The normalized spacial score (nSPS) is 11.2. The lowest BCUT2D eigenvalue weighted by Crippen LogP contribution is -2.16. The number of benzene rings is 2. The zero-order valence-electron chi connectivity index (χ0n) is 17.0. The summed E-state index contributed by atoms with van der Waals surface area (Å²) in [6, 6.07) is 12.7. The SMILES string of the molecule is O=C(Nc1nc(-c2ccc(OC(F)(F)F)cc2)c(Oc2ccccc2F)s1)c1ccc([N+](=O)[O-])s1. The number of carbonyl (C=O) groups is 1. The Labute approximate surface area is 201 Å². The number of carbonyl (C=O) groups excluding carboxylic acids is 1. The van der Waals surface area contributed by atoms with Crippen LogP contribution >= 0.6 is 22.7 Å². The molecule has 0 unspecified atom stereocenters. The highest BCUT2D eigenvalue weighted by Crippen LogP contribution is 2.42. The first-order chi connectivity index (χ1) is 16.6. The molecule has 0 saturated heterocycles. The number of hydrogen-bond donors (Lipinski definition) is 1. The maximum atomic E-state index is 14.1. The predicted molar refractivity (Wildman–Crippen MR) is 120 cm³/mol. The van der Waals surface area contributed by atoms with Crippen LogP contribution in [0.15, 0.2) is 60.7 Å². The van der Waals surface area contributed by atoms with Gasteiger partial charge in [-0.2, -0.15) is 0 Å². The topological polar surface area (TPSA) is 104 Å². The molecule has 0 spiro atoms. The molecule has 0 radical (unpaired) electrons. The van der Waals surface area contributed by atoms with Crippen molar-refractivity contribution in [1.82, 2.24) is 4.98 Å². The van der Waals surface area contributed by atoms with E-state index in [1.54, 1.807) is 0 Å². The minimum absolute atomic E-state index is 0.0167. The van der Waals surface area contributed by atoms with Crippen molar-refractivity contribution >= 4 is 38.7 Å². The molecule has 14 heteroatoms. The monoisotopic (exact) mass is 525 g/mol.